The van der Waals surface area contributed by atoms with Crippen LogP contribution in [0.15, 0.2) is 54.6 Å². The fourth-order valence-electron chi connectivity index (χ4n) is 3.07. The van der Waals surface area contributed by atoms with Crippen molar-refractivity contribution >= 4 is 17.6 Å². The summed E-state index contributed by atoms with van der Waals surface area (Å²) in [7, 11) is 1.99. The number of hydrogen-bond acceptors (Lipinski definition) is 5. The lowest BCUT2D eigenvalue weighted by molar-refractivity contribution is 0.112. The lowest BCUT2D eigenvalue weighted by Gasteiger charge is -2.27. The molecule has 0 aliphatic carbocycles. The van der Waals surface area contributed by atoms with Crippen molar-refractivity contribution < 1.29 is 9.53 Å². The van der Waals surface area contributed by atoms with Crippen LogP contribution in [0.2, 0.25) is 0 Å². The van der Waals surface area contributed by atoms with Crippen LogP contribution in [0.3, 0.4) is 0 Å². The highest BCUT2D eigenvalue weighted by atomic mass is 32.1. The zero-order chi connectivity index (χ0) is 21.5. The van der Waals surface area contributed by atoms with Gasteiger partial charge in [0.15, 0.2) is 0 Å². The standard InChI is InChI=1S/C14H17NS.C11H13NO2/c1-10-7-8-14(16-10)13-6-4-5-12(9-13)11(2)15-3;1-8-2-3-10(4-9(8)7-13)14-11-5-12-6-11/h4-9,11,15H,1-3H3;2-4,7,11-12H,5-6H2,1H3. The number of carbonyl (C=O) groups is 1. The number of thiophene rings is 1. The van der Waals surface area contributed by atoms with Crippen molar-refractivity contribution in [1.82, 2.24) is 10.6 Å². The molecule has 3 aromatic rings. The number of aldehydes is 1. The number of carbonyl (C=O) groups excluding carboxylic acids is 1. The van der Waals surface area contributed by atoms with E-state index in [1.54, 1.807) is 6.07 Å². The molecule has 2 heterocycles. The van der Waals surface area contributed by atoms with Crippen LogP contribution in [-0.2, 0) is 0 Å². The predicted molar refractivity (Wildman–Crippen MR) is 126 cm³/mol. The van der Waals surface area contributed by atoms with E-state index in [1.807, 2.05) is 37.4 Å². The average molecular weight is 423 g/mol. The number of benzene rings is 2. The second-order valence-electron chi connectivity index (χ2n) is 7.58. The predicted octanol–water partition coefficient (Wildman–Crippen LogP) is 5.16. The van der Waals surface area contributed by atoms with Gasteiger partial charge in [-0.1, -0.05) is 24.3 Å². The van der Waals surface area contributed by atoms with Crippen molar-refractivity contribution in [2.45, 2.75) is 32.9 Å². The largest absolute Gasteiger partial charge is 0.488 e. The summed E-state index contributed by atoms with van der Waals surface area (Å²) < 4.78 is 5.63. The summed E-state index contributed by atoms with van der Waals surface area (Å²) in [5.41, 5.74) is 4.35. The van der Waals surface area contributed by atoms with Gasteiger partial charge < -0.3 is 15.4 Å². The molecule has 1 aliphatic heterocycles. The molecule has 4 nitrogen and oxygen atoms in total. The Balaban J connectivity index is 0.000000172. The van der Waals surface area contributed by atoms with E-state index in [0.717, 1.165) is 30.7 Å². The Kier molecular flexibility index (Phi) is 7.80. The molecule has 2 N–H and O–H groups in total. The Morgan fingerprint density at radius 3 is 2.53 bits per heavy atom. The van der Waals surface area contributed by atoms with Gasteiger partial charge in [0.1, 0.15) is 18.1 Å². The minimum atomic E-state index is 0.261. The summed E-state index contributed by atoms with van der Waals surface area (Å²) in [5, 5.41) is 6.40. The van der Waals surface area contributed by atoms with E-state index in [-0.39, 0.29) is 6.10 Å². The van der Waals surface area contributed by atoms with Crippen molar-refractivity contribution in [1.29, 1.82) is 0 Å². The molecule has 1 unspecified atom stereocenters. The second kappa shape index (κ2) is 10.5. The van der Waals surface area contributed by atoms with Crippen LogP contribution in [0.4, 0.5) is 0 Å². The normalized spacial score (nSPS) is 14.3. The first-order chi connectivity index (χ1) is 14.5. The molecule has 1 aromatic heterocycles. The monoisotopic (exact) mass is 422 g/mol. The molecule has 158 valence electrons. The number of hydrogen-bond donors (Lipinski definition) is 2. The quantitative estimate of drug-likeness (QED) is 0.539. The SMILES string of the molecule is CNC(C)c1cccc(-c2ccc(C)s2)c1.Cc1ccc(OC2CNC2)cc1C=O. The van der Waals surface area contributed by atoms with Gasteiger partial charge in [-0.15, -0.1) is 11.3 Å². The highest BCUT2D eigenvalue weighted by molar-refractivity contribution is 7.15. The average Bonchev–Trinajstić information content (AvgIpc) is 3.18. The molecule has 1 aliphatic rings. The van der Waals surface area contributed by atoms with Crippen LogP contribution in [-0.4, -0.2) is 32.5 Å². The highest BCUT2D eigenvalue weighted by Crippen LogP contribution is 2.29. The van der Waals surface area contributed by atoms with Gasteiger partial charge in [-0.05, 0) is 74.8 Å². The molecule has 2 aromatic carbocycles. The van der Waals surface area contributed by atoms with Gasteiger partial charge in [-0.2, -0.15) is 0 Å². The minimum absolute atomic E-state index is 0.261. The Labute approximate surface area is 183 Å². The van der Waals surface area contributed by atoms with E-state index >= 15 is 0 Å². The Bertz CT molecular complexity index is 979. The lowest BCUT2D eigenvalue weighted by atomic mass is 10.0. The third kappa shape index (κ3) is 5.79. The van der Waals surface area contributed by atoms with Crippen LogP contribution in [0.1, 0.15) is 39.3 Å². The molecule has 1 saturated heterocycles. The molecular weight excluding hydrogens is 392 g/mol. The summed E-state index contributed by atoms with van der Waals surface area (Å²) >= 11 is 1.85. The number of rotatable bonds is 6. The van der Waals surface area contributed by atoms with Gasteiger partial charge in [-0.3, -0.25) is 4.79 Å². The van der Waals surface area contributed by atoms with Gasteiger partial charge >= 0.3 is 0 Å². The fourth-order valence-corrected chi connectivity index (χ4v) is 3.94. The smallest absolute Gasteiger partial charge is 0.150 e. The molecule has 0 amide bonds. The first-order valence-corrected chi connectivity index (χ1v) is 11.1. The fraction of sp³-hybridized carbons (Fsp3) is 0.320. The summed E-state index contributed by atoms with van der Waals surface area (Å²) in [6, 6.07) is 19.1. The van der Waals surface area contributed by atoms with Crippen LogP contribution in [0.25, 0.3) is 10.4 Å². The summed E-state index contributed by atoms with van der Waals surface area (Å²) in [6.07, 6.45) is 1.12. The summed E-state index contributed by atoms with van der Waals surface area (Å²) in [5.74, 6) is 0.782. The first-order valence-electron chi connectivity index (χ1n) is 10.3. The second-order valence-corrected chi connectivity index (χ2v) is 8.87. The molecule has 0 spiro atoms. The number of nitrogens with one attached hydrogen (secondary N) is 2. The van der Waals surface area contributed by atoms with Gasteiger partial charge in [0.05, 0.1) is 0 Å². The topological polar surface area (TPSA) is 50.4 Å². The first kappa shape index (κ1) is 22.2. The Hall–Kier alpha value is -2.47. The molecule has 0 saturated carbocycles. The maximum absolute atomic E-state index is 10.7. The maximum atomic E-state index is 10.7. The number of aryl methyl sites for hydroxylation is 2. The van der Waals surface area contributed by atoms with Crippen molar-refractivity contribution in [2.24, 2.45) is 0 Å². The lowest BCUT2D eigenvalue weighted by Crippen LogP contribution is -2.50. The van der Waals surface area contributed by atoms with Crippen LogP contribution in [0.5, 0.6) is 5.75 Å². The highest BCUT2D eigenvalue weighted by Gasteiger charge is 2.18. The van der Waals surface area contributed by atoms with Crippen molar-refractivity contribution in [3.8, 4) is 16.2 Å². The van der Waals surface area contributed by atoms with E-state index in [2.05, 4.69) is 60.9 Å². The van der Waals surface area contributed by atoms with Crippen LogP contribution in [0, 0.1) is 13.8 Å². The van der Waals surface area contributed by atoms with E-state index in [4.69, 9.17) is 4.74 Å². The summed E-state index contributed by atoms with van der Waals surface area (Å²) in [4.78, 5) is 13.4. The molecule has 5 heteroatoms. The molecule has 1 atom stereocenters. The summed E-state index contributed by atoms with van der Waals surface area (Å²) in [6.45, 7) is 8.03. The van der Waals surface area contributed by atoms with Gasteiger partial charge in [0.2, 0.25) is 0 Å². The van der Waals surface area contributed by atoms with E-state index in [0.29, 0.717) is 11.6 Å². The Morgan fingerprint density at radius 1 is 1.13 bits per heavy atom. The minimum Gasteiger partial charge on any atom is -0.488 e. The molecule has 0 bridgehead atoms. The molecular formula is C25H30N2O2S. The number of ether oxygens (including phenoxy) is 1. The van der Waals surface area contributed by atoms with Crippen LogP contribution < -0.4 is 15.4 Å². The molecule has 1 fully saturated rings. The van der Waals surface area contributed by atoms with E-state index in [9.17, 15) is 4.79 Å². The molecule has 4 rings (SSSR count). The molecule has 30 heavy (non-hydrogen) atoms. The van der Waals surface area contributed by atoms with E-state index < -0.39 is 0 Å². The van der Waals surface area contributed by atoms with Crippen molar-refractivity contribution in [3.63, 3.8) is 0 Å². The van der Waals surface area contributed by atoms with Gasteiger partial charge in [-0.25, -0.2) is 0 Å². The maximum Gasteiger partial charge on any atom is 0.150 e. The van der Waals surface area contributed by atoms with Crippen molar-refractivity contribution in [2.75, 3.05) is 20.1 Å². The molecule has 0 radical (unpaired) electrons. The van der Waals surface area contributed by atoms with Crippen LogP contribution >= 0.6 is 11.3 Å². The Morgan fingerprint density at radius 2 is 1.93 bits per heavy atom. The van der Waals surface area contributed by atoms with Gasteiger partial charge in [0.25, 0.3) is 0 Å². The zero-order valence-corrected chi connectivity index (χ0v) is 18.9. The van der Waals surface area contributed by atoms with Gasteiger partial charge in [0, 0.05) is 34.4 Å². The third-order valence-electron chi connectivity index (χ3n) is 5.27. The third-order valence-corrected chi connectivity index (χ3v) is 6.32. The zero-order valence-electron chi connectivity index (χ0n) is 18.1. The van der Waals surface area contributed by atoms with Crippen molar-refractivity contribution in [3.05, 3.63) is 76.2 Å². The van der Waals surface area contributed by atoms with E-state index in [1.165, 1.54) is 20.9 Å².